The molecule has 0 saturated heterocycles. The maximum Gasteiger partial charge on any atom is 0.435 e. The second-order valence-electron chi connectivity index (χ2n) is 3.43. The van der Waals surface area contributed by atoms with Crippen LogP contribution in [0.5, 0.6) is 11.6 Å². The molecule has 1 aromatic heterocycles. The lowest BCUT2D eigenvalue weighted by molar-refractivity contribution is -0.141. The summed E-state index contributed by atoms with van der Waals surface area (Å²) in [6.07, 6.45) is -4.51. The lowest BCUT2D eigenvalue weighted by Crippen LogP contribution is -2.08. The van der Waals surface area contributed by atoms with Crippen LogP contribution in [0.15, 0.2) is 36.4 Å². The van der Waals surface area contributed by atoms with Gasteiger partial charge in [0.25, 0.3) is 0 Å². The van der Waals surface area contributed by atoms with Crippen molar-refractivity contribution in [3.63, 3.8) is 0 Å². The van der Waals surface area contributed by atoms with E-state index in [1.165, 1.54) is 6.07 Å². The Hall–Kier alpha value is -2.31. The van der Waals surface area contributed by atoms with Gasteiger partial charge in [-0.2, -0.15) is 13.2 Å². The van der Waals surface area contributed by atoms with Crippen molar-refractivity contribution in [2.45, 2.75) is 6.18 Å². The molecule has 0 spiro atoms. The van der Waals surface area contributed by atoms with Crippen molar-refractivity contribution in [3.8, 4) is 11.6 Å². The molecule has 0 radical (unpaired) electrons. The Balaban J connectivity index is 2.16. The Labute approximate surface area is 100 Å². The van der Waals surface area contributed by atoms with E-state index in [1.807, 2.05) is 0 Å². The van der Waals surface area contributed by atoms with Crippen LogP contribution in [0, 0.1) is 0 Å². The predicted octanol–water partition coefficient (Wildman–Crippen LogP) is 2.87. The molecule has 0 amide bonds. The number of ether oxygens (including phenoxy) is 1. The van der Waals surface area contributed by atoms with E-state index in [1.54, 1.807) is 18.2 Å². The number of anilines is 1. The Morgan fingerprint density at radius 1 is 1.06 bits per heavy atom. The molecule has 18 heavy (non-hydrogen) atoms. The molecule has 4 nitrogen and oxygen atoms in total. The van der Waals surface area contributed by atoms with Crippen LogP contribution >= 0.6 is 0 Å². The summed E-state index contributed by atoms with van der Waals surface area (Å²) in [5.41, 5.74) is 4.94. The largest absolute Gasteiger partial charge is 0.437 e. The Kier molecular flexibility index (Phi) is 3.05. The van der Waals surface area contributed by atoms with E-state index in [9.17, 15) is 13.2 Å². The highest BCUT2D eigenvalue weighted by molar-refractivity contribution is 5.44. The monoisotopic (exact) mass is 255 g/mol. The highest BCUT2D eigenvalue weighted by Crippen LogP contribution is 2.28. The van der Waals surface area contributed by atoms with Gasteiger partial charge in [-0.15, -0.1) is 10.2 Å². The van der Waals surface area contributed by atoms with Crippen LogP contribution in [0.25, 0.3) is 0 Å². The first kappa shape index (κ1) is 12.2. The molecule has 7 heteroatoms. The van der Waals surface area contributed by atoms with Gasteiger partial charge in [-0.25, -0.2) is 0 Å². The number of hydrogen-bond donors (Lipinski definition) is 1. The van der Waals surface area contributed by atoms with Crippen LogP contribution in [0.4, 0.5) is 18.9 Å². The summed E-state index contributed by atoms with van der Waals surface area (Å²) < 4.78 is 41.9. The lowest BCUT2D eigenvalue weighted by Gasteiger charge is -2.07. The lowest BCUT2D eigenvalue weighted by atomic mass is 10.3. The maximum absolute atomic E-state index is 12.2. The summed E-state index contributed by atoms with van der Waals surface area (Å²) in [4.78, 5) is 0. The van der Waals surface area contributed by atoms with Crippen molar-refractivity contribution >= 4 is 5.69 Å². The second kappa shape index (κ2) is 4.52. The molecule has 0 saturated carbocycles. The predicted molar refractivity (Wildman–Crippen MR) is 58.0 cm³/mol. The molecule has 2 rings (SSSR count). The quantitative estimate of drug-likeness (QED) is 0.838. The molecule has 0 unspecified atom stereocenters. The topological polar surface area (TPSA) is 61.0 Å². The van der Waals surface area contributed by atoms with E-state index in [-0.39, 0.29) is 5.88 Å². The van der Waals surface area contributed by atoms with Gasteiger partial charge < -0.3 is 10.5 Å². The molecule has 94 valence electrons. The molecular formula is C11H8F3N3O. The number of rotatable bonds is 2. The molecule has 0 aliphatic heterocycles. The number of benzene rings is 1. The van der Waals surface area contributed by atoms with Crippen LogP contribution in [0.3, 0.4) is 0 Å². The highest BCUT2D eigenvalue weighted by atomic mass is 19.4. The van der Waals surface area contributed by atoms with Crippen molar-refractivity contribution < 1.29 is 17.9 Å². The summed E-state index contributed by atoms with van der Waals surface area (Å²) in [7, 11) is 0. The van der Waals surface area contributed by atoms with Crippen LogP contribution in [-0.2, 0) is 6.18 Å². The van der Waals surface area contributed by atoms with Crippen molar-refractivity contribution in [1.29, 1.82) is 0 Å². The Bertz CT molecular complexity index is 540. The van der Waals surface area contributed by atoms with Crippen molar-refractivity contribution in [2.24, 2.45) is 0 Å². The van der Waals surface area contributed by atoms with Gasteiger partial charge in [-0.1, -0.05) is 6.07 Å². The zero-order valence-electron chi connectivity index (χ0n) is 8.98. The standard InChI is InChI=1S/C11H8F3N3O/c12-11(13,14)9-4-5-10(17-16-9)18-8-3-1-2-7(15)6-8/h1-6H,15H2. The number of nitrogen functional groups attached to an aromatic ring is 1. The summed E-state index contributed by atoms with van der Waals surface area (Å²) in [5, 5.41) is 6.37. The average molecular weight is 255 g/mol. The molecule has 0 aliphatic carbocycles. The number of alkyl halides is 3. The van der Waals surface area contributed by atoms with E-state index in [0.29, 0.717) is 11.4 Å². The molecule has 1 aromatic carbocycles. The number of halogens is 3. The zero-order valence-corrected chi connectivity index (χ0v) is 8.98. The highest BCUT2D eigenvalue weighted by Gasteiger charge is 2.32. The fraction of sp³-hybridized carbons (Fsp3) is 0.0909. The summed E-state index contributed by atoms with van der Waals surface area (Å²) in [6.45, 7) is 0. The summed E-state index contributed by atoms with van der Waals surface area (Å²) in [5.74, 6) is 0.345. The fourth-order valence-electron chi connectivity index (χ4n) is 1.22. The summed E-state index contributed by atoms with van der Waals surface area (Å²) in [6, 6.07) is 8.34. The number of nitrogens with two attached hydrogens (primary N) is 1. The maximum atomic E-state index is 12.2. The SMILES string of the molecule is Nc1cccc(Oc2ccc(C(F)(F)F)nn2)c1. The molecule has 0 aliphatic rings. The third-order valence-corrected chi connectivity index (χ3v) is 2.01. The van der Waals surface area contributed by atoms with Gasteiger partial charge in [0.05, 0.1) is 0 Å². The smallest absolute Gasteiger partial charge is 0.435 e. The van der Waals surface area contributed by atoms with Gasteiger partial charge in [0.2, 0.25) is 5.88 Å². The number of nitrogens with zero attached hydrogens (tertiary/aromatic N) is 2. The second-order valence-corrected chi connectivity index (χ2v) is 3.43. The molecule has 0 bridgehead atoms. The van der Waals surface area contributed by atoms with Gasteiger partial charge in [0.1, 0.15) is 5.75 Å². The average Bonchev–Trinajstić information content (AvgIpc) is 2.28. The van der Waals surface area contributed by atoms with Crippen molar-refractivity contribution in [2.75, 3.05) is 5.73 Å². The van der Waals surface area contributed by atoms with Crippen LogP contribution in [-0.4, -0.2) is 10.2 Å². The molecular weight excluding hydrogens is 247 g/mol. The summed E-state index contributed by atoms with van der Waals surface area (Å²) >= 11 is 0. The zero-order chi connectivity index (χ0) is 13.2. The molecule has 1 heterocycles. The third kappa shape index (κ3) is 2.88. The Morgan fingerprint density at radius 2 is 1.83 bits per heavy atom. The van der Waals surface area contributed by atoms with E-state index in [0.717, 1.165) is 12.1 Å². The first-order valence-electron chi connectivity index (χ1n) is 4.89. The van der Waals surface area contributed by atoms with E-state index in [2.05, 4.69) is 10.2 Å². The van der Waals surface area contributed by atoms with Crippen LogP contribution in [0.1, 0.15) is 5.69 Å². The van der Waals surface area contributed by atoms with Crippen molar-refractivity contribution in [3.05, 3.63) is 42.1 Å². The minimum atomic E-state index is -4.51. The third-order valence-electron chi connectivity index (χ3n) is 2.01. The normalized spacial score (nSPS) is 11.3. The van der Waals surface area contributed by atoms with Gasteiger partial charge in [0, 0.05) is 17.8 Å². The van der Waals surface area contributed by atoms with Gasteiger partial charge in [-0.05, 0) is 18.2 Å². The molecule has 0 fully saturated rings. The minimum Gasteiger partial charge on any atom is -0.437 e. The fourth-order valence-corrected chi connectivity index (χ4v) is 1.22. The molecule has 2 N–H and O–H groups in total. The van der Waals surface area contributed by atoms with Gasteiger partial charge >= 0.3 is 6.18 Å². The van der Waals surface area contributed by atoms with Crippen molar-refractivity contribution in [1.82, 2.24) is 10.2 Å². The van der Waals surface area contributed by atoms with Gasteiger partial charge in [0.15, 0.2) is 5.69 Å². The minimum absolute atomic E-state index is 0.0337. The molecule has 2 aromatic rings. The van der Waals surface area contributed by atoms with Crippen LogP contribution < -0.4 is 10.5 Å². The Morgan fingerprint density at radius 3 is 2.39 bits per heavy atom. The molecule has 0 atom stereocenters. The van der Waals surface area contributed by atoms with E-state index < -0.39 is 11.9 Å². The van der Waals surface area contributed by atoms with E-state index in [4.69, 9.17) is 10.5 Å². The number of aromatic nitrogens is 2. The first-order chi connectivity index (χ1) is 8.45. The van der Waals surface area contributed by atoms with E-state index >= 15 is 0 Å². The number of hydrogen-bond acceptors (Lipinski definition) is 4. The first-order valence-corrected chi connectivity index (χ1v) is 4.89. The van der Waals surface area contributed by atoms with Gasteiger partial charge in [-0.3, -0.25) is 0 Å². The van der Waals surface area contributed by atoms with Crippen LogP contribution in [0.2, 0.25) is 0 Å².